The van der Waals surface area contributed by atoms with Crippen LogP contribution in [0.25, 0.3) is 0 Å². The van der Waals surface area contributed by atoms with Gasteiger partial charge in [-0.3, -0.25) is 14.5 Å². The van der Waals surface area contributed by atoms with E-state index in [9.17, 15) is 14.7 Å². The lowest BCUT2D eigenvalue weighted by Gasteiger charge is -2.27. The molecule has 1 atom stereocenters. The second-order valence-electron chi connectivity index (χ2n) is 6.76. The Kier molecular flexibility index (Phi) is 4.68. The Morgan fingerprint density at radius 3 is 2.34 bits per heavy atom. The summed E-state index contributed by atoms with van der Waals surface area (Å²) in [5, 5.41) is 10.6. The van der Waals surface area contributed by atoms with Gasteiger partial charge in [0.25, 0.3) is 5.91 Å². The highest BCUT2D eigenvalue weighted by Crippen LogP contribution is 2.42. The number of ketones is 1. The summed E-state index contributed by atoms with van der Waals surface area (Å²) in [4.78, 5) is 27.5. The molecular weight excluding hydrogens is 370 g/mol. The smallest absolute Gasteiger partial charge is 0.294 e. The molecule has 0 saturated carbocycles. The van der Waals surface area contributed by atoms with Crippen molar-refractivity contribution >= 4 is 17.4 Å². The van der Waals surface area contributed by atoms with E-state index in [0.717, 1.165) is 5.56 Å². The molecule has 0 unspecified atom stereocenters. The average molecular weight is 389 g/mol. The highest BCUT2D eigenvalue weighted by molar-refractivity contribution is 6.20. The summed E-state index contributed by atoms with van der Waals surface area (Å²) < 4.78 is 10.4. The third-order valence-electron chi connectivity index (χ3n) is 4.94. The summed E-state index contributed by atoms with van der Waals surface area (Å²) >= 11 is 0. The first-order valence-corrected chi connectivity index (χ1v) is 9.06. The number of hydrogen-bond acceptors (Lipinski definition) is 5. The van der Waals surface area contributed by atoms with Crippen LogP contribution in [0.2, 0.25) is 0 Å². The number of benzene rings is 2. The van der Waals surface area contributed by atoms with Gasteiger partial charge in [0.2, 0.25) is 5.78 Å². The van der Waals surface area contributed by atoms with Gasteiger partial charge in [0.1, 0.15) is 5.75 Å². The Balaban J connectivity index is 1.86. The van der Waals surface area contributed by atoms with E-state index in [2.05, 4.69) is 0 Å². The minimum atomic E-state index is -0.797. The number of carbonyl (C=O) groups is 2. The maximum atomic E-state index is 13.1. The first-order valence-electron chi connectivity index (χ1n) is 9.06. The van der Waals surface area contributed by atoms with Crippen molar-refractivity contribution in [3.8, 4) is 5.75 Å². The summed E-state index contributed by atoms with van der Waals surface area (Å²) in [7, 11) is 1.56. The van der Waals surface area contributed by atoms with Gasteiger partial charge in [0.15, 0.2) is 11.5 Å². The summed E-state index contributed by atoms with van der Waals surface area (Å²) in [6, 6.07) is 16.7. The lowest BCUT2D eigenvalue weighted by molar-refractivity contribution is -0.117. The van der Waals surface area contributed by atoms with Crippen LogP contribution in [-0.2, 0) is 4.79 Å². The number of aliphatic hydroxyl groups excluding tert-OH is 1. The summed E-state index contributed by atoms with van der Waals surface area (Å²) in [6.07, 6.45) is 1.38. The van der Waals surface area contributed by atoms with E-state index in [-0.39, 0.29) is 11.3 Å². The van der Waals surface area contributed by atoms with Gasteiger partial charge in [-0.15, -0.1) is 0 Å². The number of anilines is 1. The molecule has 1 aliphatic rings. The molecule has 0 bridgehead atoms. The number of Topliss-reactive ketones (excluding diaryl/α,β-unsaturated/α-hetero) is 1. The number of methoxy groups -OCH3 is 1. The van der Waals surface area contributed by atoms with Crippen LogP contribution in [0, 0.1) is 6.92 Å². The van der Waals surface area contributed by atoms with Gasteiger partial charge in [0, 0.05) is 5.69 Å². The first-order chi connectivity index (χ1) is 14.0. The van der Waals surface area contributed by atoms with Crippen molar-refractivity contribution in [3.63, 3.8) is 0 Å². The quantitative estimate of drug-likeness (QED) is 0.655. The Labute approximate surface area is 167 Å². The molecule has 2 aromatic carbocycles. The van der Waals surface area contributed by atoms with Crippen LogP contribution in [0.4, 0.5) is 5.69 Å². The van der Waals surface area contributed by atoms with Crippen molar-refractivity contribution in [2.24, 2.45) is 0 Å². The normalized spacial score (nSPS) is 16.4. The van der Waals surface area contributed by atoms with Crippen molar-refractivity contribution in [2.75, 3.05) is 12.0 Å². The molecule has 1 aliphatic heterocycles. The molecule has 0 aliphatic carbocycles. The molecule has 1 aromatic heterocycles. The molecule has 2 heterocycles. The molecule has 4 rings (SSSR count). The fourth-order valence-corrected chi connectivity index (χ4v) is 3.45. The largest absolute Gasteiger partial charge is 0.503 e. The lowest BCUT2D eigenvalue weighted by Crippen LogP contribution is -2.31. The molecular formula is C23H19NO5. The van der Waals surface area contributed by atoms with E-state index in [1.54, 1.807) is 49.6 Å². The van der Waals surface area contributed by atoms with E-state index in [1.807, 2.05) is 19.1 Å². The van der Waals surface area contributed by atoms with Gasteiger partial charge in [-0.25, -0.2) is 0 Å². The highest BCUT2D eigenvalue weighted by atomic mass is 16.5. The fraction of sp³-hybridized carbons (Fsp3) is 0.130. The zero-order valence-corrected chi connectivity index (χ0v) is 16.0. The molecule has 0 fully saturated rings. The van der Waals surface area contributed by atoms with E-state index in [0.29, 0.717) is 17.0 Å². The van der Waals surface area contributed by atoms with Crippen LogP contribution in [0.3, 0.4) is 0 Å². The Hall–Kier alpha value is -3.80. The average Bonchev–Trinajstić information content (AvgIpc) is 3.36. The van der Waals surface area contributed by atoms with Gasteiger partial charge >= 0.3 is 0 Å². The molecule has 29 heavy (non-hydrogen) atoms. The topological polar surface area (TPSA) is 80.0 Å². The molecule has 1 amide bonds. The fourth-order valence-electron chi connectivity index (χ4n) is 3.45. The molecule has 146 valence electrons. The number of aryl methyl sites for hydroxylation is 1. The maximum Gasteiger partial charge on any atom is 0.294 e. The van der Waals surface area contributed by atoms with E-state index < -0.39 is 23.5 Å². The number of nitrogens with zero attached hydrogens (tertiary/aromatic N) is 1. The maximum absolute atomic E-state index is 13.1. The van der Waals surface area contributed by atoms with Crippen molar-refractivity contribution < 1.29 is 23.8 Å². The molecule has 3 aromatic rings. The minimum absolute atomic E-state index is 0.0179. The third-order valence-corrected chi connectivity index (χ3v) is 4.94. The van der Waals surface area contributed by atoms with E-state index in [4.69, 9.17) is 9.15 Å². The van der Waals surface area contributed by atoms with Crippen molar-refractivity contribution in [1.29, 1.82) is 0 Å². The molecule has 0 spiro atoms. The number of hydrogen-bond donors (Lipinski definition) is 1. The molecule has 0 saturated heterocycles. The number of carbonyl (C=O) groups excluding carboxylic acids is 2. The molecule has 0 radical (unpaired) electrons. The Bertz CT molecular complexity index is 1080. The minimum Gasteiger partial charge on any atom is -0.503 e. The van der Waals surface area contributed by atoms with Crippen molar-refractivity contribution in [3.05, 3.63) is 95.1 Å². The van der Waals surface area contributed by atoms with Gasteiger partial charge in [-0.2, -0.15) is 0 Å². The summed E-state index contributed by atoms with van der Waals surface area (Å²) in [5.74, 6) is -1.04. The van der Waals surface area contributed by atoms with Gasteiger partial charge in [-0.05, 0) is 48.9 Å². The number of amides is 1. The predicted molar refractivity (Wildman–Crippen MR) is 107 cm³/mol. The summed E-state index contributed by atoms with van der Waals surface area (Å²) in [5.41, 5.74) is 2.26. The van der Waals surface area contributed by atoms with Crippen LogP contribution in [-0.4, -0.2) is 23.9 Å². The molecule has 6 heteroatoms. The van der Waals surface area contributed by atoms with Crippen LogP contribution in [0.15, 0.2) is 82.7 Å². The number of furan rings is 1. The Morgan fingerprint density at radius 2 is 1.76 bits per heavy atom. The third kappa shape index (κ3) is 3.18. The molecule has 6 nitrogen and oxygen atoms in total. The van der Waals surface area contributed by atoms with Crippen LogP contribution < -0.4 is 9.64 Å². The van der Waals surface area contributed by atoms with E-state index >= 15 is 0 Å². The second kappa shape index (κ2) is 7.31. The number of rotatable bonds is 5. The number of ether oxygens (including phenoxy) is 1. The zero-order chi connectivity index (χ0) is 20.5. The molecule has 1 N–H and O–H groups in total. The Morgan fingerprint density at radius 1 is 1.07 bits per heavy atom. The van der Waals surface area contributed by atoms with Crippen LogP contribution in [0.1, 0.15) is 27.7 Å². The monoisotopic (exact) mass is 389 g/mol. The summed E-state index contributed by atoms with van der Waals surface area (Å²) in [6.45, 7) is 1.94. The standard InChI is InChI=1S/C23H19NO5/c1-14-5-9-16(10-6-14)24-20(15-7-11-17(28-2)12-8-15)19(22(26)23(24)27)21(25)18-4-3-13-29-18/h3-13,20,26H,1-2H3/t20-/m0/s1. The SMILES string of the molecule is COc1ccc([C@H]2C(C(=O)c3ccco3)=C(O)C(=O)N2c2ccc(C)cc2)cc1. The first kappa shape index (κ1) is 18.6. The van der Waals surface area contributed by atoms with Gasteiger partial charge in [-0.1, -0.05) is 29.8 Å². The predicted octanol–water partition coefficient (Wildman–Crippen LogP) is 4.38. The van der Waals surface area contributed by atoms with E-state index in [1.165, 1.54) is 17.2 Å². The highest BCUT2D eigenvalue weighted by Gasteiger charge is 2.45. The lowest BCUT2D eigenvalue weighted by atomic mass is 9.94. The van der Waals surface area contributed by atoms with Crippen LogP contribution >= 0.6 is 0 Å². The van der Waals surface area contributed by atoms with Gasteiger partial charge < -0.3 is 14.3 Å². The van der Waals surface area contributed by atoms with Crippen LogP contribution in [0.5, 0.6) is 5.75 Å². The number of aliphatic hydroxyl groups is 1. The van der Waals surface area contributed by atoms with Crippen molar-refractivity contribution in [2.45, 2.75) is 13.0 Å². The van der Waals surface area contributed by atoms with Gasteiger partial charge in [0.05, 0.1) is 25.0 Å². The second-order valence-corrected chi connectivity index (χ2v) is 6.76. The van der Waals surface area contributed by atoms with Crippen molar-refractivity contribution in [1.82, 2.24) is 0 Å². The zero-order valence-electron chi connectivity index (χ0n) is 16.0.